The third-order valence-corrected chi connectivity index (χ3v) is 2.01. The first-order chi connectivity index (χ1) is 7.36. The first-order valence-electron chi connectivity index (χ1n) is 5.47. The number of anilines is 1. The van der Waals surface area contributed by atoms with E-state index in [0.29, 0.717) is 6.73 Å². The number of ether oxygens (including phenoxy) is 1. The number of rotatable bonds is 1. The fraction of sp³-hybridized carbons (Fsp3) is 0.636. The molecular formula is C11H19N3O. The number of hydrogen-bond donors (Lipinski definition) is 0. The van der Waals surface area contributed by atoms with Gasteiger partial charge in [-0.1, -0.05) is 13.8 Å². The molecule has 2 heterocycles. The van der Waals surface area contributed by atoms with Gasteiger partial charge in [-0.2, -0.15) is 0 Å². The number of aryl methyl sites for hydroxylation is 1. The fourth-order valence-electron chi connectivity index (χ4n) is 1.30. The Balaban J connectivity index is 0.000000531. The molecule has 1 aromatic heterocycles. The van der Waals surface area contributed by atoms with E-state index in [9.17, 15) is 0 Å². The van der Waals surface area contributed by atoms with E-state index in [1.165, 1.54) is 0 Å². The lowest BCUT2D eigenvalue weighted by Crippen LogP contribution is -2.34. The minimum Gasteiger partial charge on any atom is -0.361 e. The third-order valence-electron chi connectivity index (χ3n) is 2.01. The molecule has 1 fully saturated rings. The molecule has 1 aromatic rings. The minimum atomic E-state index is 0.614. The molecule has 0 spiro atoms. The highest BCUT2D eigenvalue weighted by atomic mass is 16.5. The second-order valence-corrected chi connectivity index (χ2v) is 3.21. The van der Waals surface area contributed by atoms with Crippen molar-refractivity contribution in [2.24, 2.45) is 0 Å². The smallest absolute Gasteiger partial charge is 0.227 e. The van der Waals surface area contributed by atoms with Crippen molar-refractivity contribution >= 4 is 5.95 Å². The van der Waals surface area contributed by atoms with E-state index in [-0.39, 0.29) is 0 Å². The Bertz CT molecular complexity index is 268. The zero-order chi connectivity index (χ0) is 11.1. The Morgan fingerprint density at radius 3 is 2.47 bits per heavy atom. The van der Waals surface area contributed by atoms with Crippen LogP contribution in [0.4, 0.5) is 5.95 Å². The van der Waals surface area contributed by atoms with Crippen LogP contribution in [0.2, 0.25) is 0 Å². The van der Waals surface area contributed by atoms with E-state index in [1.54, 1.807) is 0 Å². The topological polar surface area (TPSA) is 38.2 Å². The van der Waals surface area contributed by atoms with Crippen LogP contribution in [-0.4, -0.2) is 29.9 Å². The van der Waals surface area contributed by atoms with Crippen molar-refractivity contribution in [1.82, 2.24) is 9.97 Å². The average Bonchev–Trinajstić information content (AvgIpc) is 2.34. The molecule has 4 nitrogen and oxygen atoms in total. The molecule has 0 unspecified atom stereocenters. The van der Waals surface area contributed by atoms with E-state index >= 15 is 0 Å². The van der Waals surface area contributed by atoms with E-state index < -0.39 is 0 Å². The van der Waals surface area contributed by atoms with Gasteiger partial charge in [-0.15, -0.1) is 0 Å². The maximum atomic E-state index is 5.31. The van der Waals surface area contributed by atoms with Gasteiger partial charge in [-0.05, 0) is 18.9 Å². The SMILES string of the molecule is CC.Cc1cnc(N2CCCOC2)nc1. The van der Waals surface area contributed by atoms with Crippen LogP contribution in [0.3, 0.4) is 0 Å². The van der Waals surface area contributed by atoms with Gasteiger partial charge in [0.25, 0.3) is 0 Å². The van der Waals surface area contributed by atoms with Gasteiger partial charge in [0.15, 0.2) is 0 Å². The summed E-state index contributed by atoms with van der Waals surface area (Å²) in [6.45, 7) is 8.44. The second kappa shape index (κ2) is 6.35. The van der Waals surface area contributed by atoms with Crippen LogP contribution in [0.15, 0.2) is 12.4 Å². The third kappa shape index (κ3) is 3.47. The molecule has 15 heavy (non-hydrogen) atoms. The maximum absolute atomic E-state index is 5.31. The van der Waals surface area contributed by atoms with Crippen molar-refractivity contribution in [3.05, 3.63) is 18.0 Å². The van der Waals surface area contributed by atoms with Crippen LogP contribution in [0.25, 0.3) is 0 Å². The van der Waals surface area contributed by atoms with Gasteiger partial charge in [0.05, 0.1) is 6.61 Å². The number of hydrogen-bond acceptors (Lipinski definition) is 4. The molecule has 0 aliphatic carbocycles. The molecule has 1 aliphatic rings. The molecule has 0 radical (unpaired) electrons. The van der Waals surface area contributed by atoms with Gasteiger partial charge in [-0.25, -0.2) is 9.97 Å². The maximum Gasteiger partial charge on any atom is 0.227 e. The minimum absolute atomic E-state index is 0.614. The molecular weight excluding hydrogens is 190 g/mol. The van der Waals surface area contributed by atoms with Gasteiger partial charge in [0.1, 0.15) is 6.73 Å². The quantitative estimate of drug-likeness (QED) is 0.709. The van der Waals surface area contributed by atoms with Crippen molar-refractivity contribution in [2.45, 2.75) is 27.2 Å². The lowest BCUT2D eigenvalue weighted by Gasteiger charge is -2.26. The van der Waals surface area contributed by atoms with Crippen LogP contribution < -0.4 is 4.90 Å². The lowest BCUT2D eigenvalue weighted by atomic mass is 10.4. The van der Waals surface area contributed by atoms with Crippen LogP contribution in [0, 0.1) is 6.92 Å². The molecule has 4 heteroatoms. The summed E-state index contributed by atoms with van der Waals surface area (Å²) in [4.78, 5) is 10.5. The first kappa shape index (κ1) is 11.9. The molecule has 1 saturated heterocycles. The van der Waals surface area contributed by atoms with Crippen molar-refractivity contribution in [1.29, 1.82) is 0 Å². The van der Waals surface area contributed by atoms with E-state index in [1.807, 2.05) is 38.1 Å². The van der Waals surface area contributed by atoms with Crippen LogP contribution in [-0.2, 0) is 4.74 Å². The van der Waals surface area contributed by atoms with Crippen LogP contribution in [0.1, 0.15) is 25.8 Å². The number of nitrogens with zero attached hydrogens (tertiary/aromatic N) is 3. The lowest BCUT2D eigenvalue weighted by molar-refractivity contribution is 0.106. The van der Waals surface area contributed by atoms with Crippen LogP contribution in [0.5, 0.6) is 0 Å². The van der Waals surface area contributed by atoms with Crippen molar-refractivity contribution < 1.29 is 4.74 Å². The Labute approximate surface area is 91.3 Å². The molecule has 0 saturated carbocycles. The molecule has 84 valence electrons. The Morgan fingerprint density at radius 1 is 1.27 bits per heavy atom. The predicted octanol–water partition coefficient (Wildman–Crippen LogP) is 2.00. The summed E-state index contributed by atoms with van der Waals surface area (Å²) in [6, 6.07) is 0. The second-order valence-electron chi connectivity index (χ2n) is 3.21. The monoisotopic (exact) mass is 209 g/mol. The van der Waals surface area contributed by atoms with E-state index in [4.69, 9.17) is 4.74 Å². The highest BCUT2D eigenvalue weighted by Crippen LogP contribution is 2.10. The summed E-state index contributed by atoms with van der Waals surface area (Å²) in [5.74, 6) is 0.769. The summed E-state index contributed by atoms with van der Waals surface area (Å²) in [5.41, 5.74) is 1.08. The van der Waals surface area contributed by atoms with Crippen LogP contribution >= 0.6 is 0 Å². The largest absolute Gasteiger partial charge is 0.361 e. The van der Waals surface area contributed by atoms with Gasteiger partial charge >= 0.3 is 0 Å². The number of aromatic nitrogens is 2. The van der Waals surface area contributed by atoms with Gasteiger partial charge in [-0.3, -0.25) is 0 Å². The fourth-order valence-corrected chi connectivity index (χ4v) is 1.30. The standard InChI is InChI=1S/C9H13N3O.C2H6/c1-8-5-10-9(11-6-8)12-3-2-4-13-7-12;1-2/h5-6H,2-4,7H2,1H3;1-2H3. The highest BCUT2D eigenvalue weighted by molar-refractivity contribution is 5.28. The summed E-state index contributed by atoms with van der Waals surface area (Å²) < 4.78 is 5.31. The van der Waals surface area contributed by atoms with E-state index in [0.717, 1.165) is 31.1 Å². The van der Waals surface area contributed by atoms with Gasteiger partial charge in [0, 0.05) is 18.9 Å². The molecule has 2 rings (SSSR count). The molecule has 0 atom stereocenters. The molecule has 0 N–H and O–H groups in total. The van der Waals surface area contributed by atoms with Crippen molar-refractivity contribution in [2.75, 3.05) is 24.8 Å². The van der Waals surface area contributed by atoms with E-state index in [2.05, 4.69) is 9.97 Å². The average molecular weight is 209 g/mol. The van der Waals surface area contributed by atoms with Crippen molar-refractivity contribution in [3.8, 4) is 0 Å². The summed E-state index contributed by atoms with van der Waals surface area (Å²) >= 11 is 0. The Kier molecular flexibility index (Phi) is 5.04. The Morgan fingerprint density at radius 2 is 1.93 bits per heavy atom. The predicted molar refractivity (Wildman–Crippen MR) is 60.9 cm³/mol. The van der Waals surface area contributed by atoms with Gasteiger partial charge in [0.2, 0.25) is 5.95 Å². The summed E-state index contributed by atoms with van der Waals surface area (Å²) in [6.07, 6.45) is 4.71. The molecule has 0 amide bonds. The molecule has 1 aliphatic heterocycles. The summed E-state index contributed by atoms with van der Waals surface area (Å²) in [7, 11) is 0. The first-order valence-corrected chi connectivity index (χ1v) is 5.47. The van der Waals surface area contributed by atoms with Gasteiger partial charge < -0.3 is 9.64 Å². The molecule has 0 aromatic carbocycles. The van der Waals surface area contributed by atoms with Crippen molar-refractivity contribution in [3.63, 3.8) is 0 Å². The zero-order valence-corrected chi connectivity index (χ0v) is 9.73. The molecule has 0 bridgehead atoms. The highest BCUT2D eigenvalue weighted by Gasteiger charge is 2.12. The summed E-state index contributed by atoms with van der Waals surface area (Å²) in [5, 5.41) is 0. The normalized spacial score (nSPS) is 15.5. The zero-order valence-electron chi connectivity index (χ0n) is 9.73. The Hall–Kier alpha value is -1.16.